The molecule has 0 heterocycles. The number of rotatable bonds is 7. The molecular weight excluding hydrogens is 362 g/mol. The van der Waals surface area contributed by atoms with E-state index in [1.54, 1.807) is 12.1 Å². The lowest BCUT2D eigenvalue weighted by Gasteiger charge is -2.25. The maximum Gasteiger partial charge on any atom is 0.416 e. The van der Waals surface area contributed by atoms with Crippen molar-refractivity contribution >= 4 is 11.6 Å². The van der Waals surface area contributed by atoms with Crippen molar-refractivity contribution in [2.45, 2.75) is 12.2 Å². The van der Waals surface area contributed by atoms with Gasteiger partial charge in [0.05, 0.1) is 18.2 Å². The second-order valence-corrected chi connectivity index (χ2v) is 6.27. The van der Waals surface area contributed by atoms with Gasteiger partial charge in [-0.1, -0.05) is 18.2 Å². The SMILES string of the molecule is CN(C)C(CNC(=O)CNc1cccc(C(F)(F)F)c1)c1cccc(F)c1. The number of alkyl halides is 3. The summed E-state index contributed by atoms with van der Waals surface area (Å²) in [6.07, 6.45) is -4.44. The Hall–Kier alpha value is -2.61. The van der Waals surface area contributed by atoms with Gasteiger partial charge in [-0.15, -0.1) is 0 Å². The fraction of sp³-hybridized carbons (Fsp3) is 0.316. The van der Waals surface area contributed by atoms with E-state index in [0.29, 0.717) is 5.56 Å². The molecular formula is C19H21F4N3O. The average Bonchev–Trinajstić information content (AvgIpc) is 2.59. The molecule has 1 unspecified atom stereocenters. The quantitative estimate of drug-likeness (QED) is 0.717. The first-order valence-corrected chi connectivity index (χ1v) is 8.26. The summed E-state index contributed by atoms with van der Waals surface area (Å²) < 4.78 is 51.5. The highest BCUT2D eigenvalue weighted by molar-refractivity contribution is 5.80. The molecule has 2 aromatic carbocycles. The van der Waals surface area contributed by atoms with Crippen molar-refractivity contribution in [1.82, 2.24) is 10.2 Å². The van der Waals surface area contributed by atoms with E-state index in [-0.39, 0.29) is 36.5 Å². The summed E-state index contributed by atoms with van der Waals surface area (Å²) in [6.45, 7) is 0.0597. The van der Waals surface area contributed by atoms with Crippen molar-refractivity contribution in [3.8, 4) is 0 Å². The van der Waals surface area contributed by atoms with E-state index in [2.05, 4.69) is 10.6 Å². The summed E-state index contributed by atoms with van der Waals surface area (Å²) in [5, 5.41) is 5.38. The largest absolute Gasteiger partial charge is 0.416 e. The first-order valence-electron chi connectivity index (χ1n) is 8.26. The number of amides is 1. The van der Waals surface area contributed by atoms with Crippen molar-refractivity contribution in [2.75, 3.05) is 32.5 Å². The minimum absolute atomic E-state index is 0.176. The Kier molecular flexibility index (Phi) is 6.79. The van der Waals surface area contributed by atoms with Gasteiger partial charge in [0.1, 0.15) is 5.82 Å². The number of hydrogen-bond acceptors (Lipinski definition) is 3. The molecule has 0 fully saturated rings. The van der Waals surface area contributed by atoms with E-state index in [1.807, 2.05) is 19.0 Å². The number of anilines is 1. The summed E-state index contributed by atoms with van der Waals surface area (Å²) in [5.74, 6) is -0.743. The minimum Gasteiger partial charge on any atom is -0.376 e. The Labute approximate surface area is 155 Å². The van der Waals surface area contributed by atoms with E-state index in [9.17, 15) is 22.4 Å². The number of halogens is 4. The number of nitrogens with zero attached hydrogens (tertiary/aromatic N) is 1. The Morgan fingerprint density at radius 3 is 2.44 bits per heavy atom. The molecule has 0 radical (unpaired) electrons. The molecule has 2 aromatic rings. The van der Waals surface area contributed by atoms with Crippen LogP contribution in [0.25, 0.3) is 0 Å². The van der Waals surface area contributed by atoms with Gasteiger partial charge in [-0.3, -0.25) is 4.79 Å². The molecule has 0 saturated heterocycles. The van der Waals surface area contributed by atoms with Crippen LogP contribution in [0.15, 0.2) is 48.5 Å². The van der Waals surface area contributed by atoms with Crippen molar-refractivity contribution in [3.63, 3.8) is 0 Å². The van der Waals surface area contributed by atoms with Gasteiger partial charge in [-0.05, 0) is 50.0 Å². The van der Waals surface area contributed by atoms with Crippen LogP contribution in [0.3, 0.4) is 0 Å². The first kappa shape index (κ1) is 20.7. The highest BCUT2D eigenvalue weighted by Crippen LogP contribution is 2.30. The third-order valence-corrected chi connectivity index (χ3v) is 3.99. The van der Waals surface area contributed by atoms with E-state index < -0.39 is 11.7 Å². The van der Waals surface area contributed by atoms with Crippen LogP contribution in [-0.2, 0) is 11.0 Å². The molecule has 0 aliphatic rings. The second-order valence-electron chi connectivity index (χ2n) is 6.27. The number of carbonyl (C=O) groups is 1. The van der Waals surface area contributed by atoms with E-state index in [0.717, 1.165) is 12.1 Å². The number of likely N-dealkylation sites (N-methyl/N-ethyl adjacent to an activating group) is 1. The molecule has 0 spiro atoms. The highest BCUT2D eigenvalue weighted by Gasteiger charge is 2.30. The van der Waals surface area contributed by atoms with Crippen LogP contribution in [-0.4, -0.2) is 38.0 Å². The van der Waals surface area contributed by atoms with E-state index in [4.69, 9.17) is 0 Å². The third kappa shape index (κ3) is 6.25. The van der Waals surface area contributed by atoms with Gasteiger partial charge in [-0.2, -0.15) is 13.2 Å². The minimum atomic E-state index is -4.44. The third-order valence-electron chi connectivity index (χ3n) is 3.99. The molecule has 1 amide bonds. The smallest absolute Gasteiger partial charge is 0.376 e. The summed E-state index contributed by atoms with van der Waals surface area (Å²) in [6, 6.07) is 10.5. The topological polar surface area (TPSA) is 44.4 Å². The number of benzene rings is 2. The zero-order chi connectivity index (χ0) is 20.0. The molecule has 4 nitrogen and oxygen atoms in total. The Morgan fingerprint density at radius 1 is 1.11 bits per heavy atom. The molecule has 146 valence electrons. The van der Waals surface area contributed by atoms with Gasteiger partial charge < -0.3 is 15.5 Å². The van der Waals surface area contributed by atoms with E-state index >= 15 is 0 Å². The Balaban J connectivity index is 1.91. The van der Waals surface area contributed by atoms with Crippen molar-refractivity contribution in [2.24, 2.45) is 0 Å². The lowest BCUT2D eigenvalue weighted by molar-refractivity contribution is -0.137. The van der Waals surface area contributed by atoms with Gasteiger partial charge in [0.25, 0.3) is 0 Å². The van der Waals surface area contributed by atoms with Crippen molar-refractivity contribution in [1.29, 1.82) is 0 Å². The molecule has 0 aliphatic heterocycles. The molecule has 27 heavy (non-hydrogen) atoms. The standard InChI is InChI=1S/C19H21F4N3O/c1-26(2)17(13-5-3-7-15(20)9-13)11-25-18(27)12-24-16-8-4-6-14(10-16)19(21,22)23/h3-10,17,24H,11-12H2,1-2H3,(H,25,27). The van der Waals surface area contributed by atoms with Crippen LogP contribution >= 0.6 is 0 Å². The normalized spacial score (nSPS) is 12.7. The lowest BCUT2D eigenvalue weighted by Crippen LogP contribution is -2.37. The van der Waals surface area contributed by atoms with Crippen LogP contribution in [0.1, 0.15) is 17.2 Å². The van der Waals surface area contributed by atoms with Crippen LogP contribution in [0.2, 0.25) is 0 Å². The second kappa shape index (κ2) is 8.85. The van der Waals surface area contributed by atoms with Crippen LogP contribution in [0.5, 0.6) is 0 Å². The number of nitrogens with one attached hydrogen (secondary N) is 2. The van der Waals surface area contributed by atoms with E-state index in [1.165, 1.54) is 24.3 Å². The zero-order valence-corrected chi connectivity index (χ0v) is 15.0. The Morgan fingerprint density at radius 2 is 1.81 bits per heavy atom. The predicted molar refractivity (Wildman–Crippen MR) is 95.8 cm³/mol. The number of hydrogen-bond donors (Lipinski definition) is 2. The lowest BCUT2D eigenvalue weighted by atomic mass is 10.1. The fourth-order valence-electron chi connectivity index (χ4n) is 2.57. The summed E-state index contributed by atoms with van der Waals surface area (Å²) >= 11 is 0. The van der Waals surface area contributed by atoms with Crippen LogP contribution in [0, 0.1) is 5.82 Å². The molecule has 0 bridgehead atoms. The van der Waals surface area contributed by atoms with Crippen LogP contribution in [0.4, 0.5) is 23.2 Å². The Bertz CT molecular complexity index is 778. The van der Waals surface area contributed by atoms with Crippen molar-refractivity contribution in [3.05, 3.63) is 65.5 Å². The van der Waals surface area contributed by atoms with Crippen molar-refractivity contribution < 1.29 is 22.4 Å². The summed E-state index contributed by atoms with van der Waals surface area (Å²) in [5.41, 5.74) is 0.132. The van der Waals surface area contributed by atoms with Crippen LogP contribution < -0.4 is 10.6 Å². The van der Waals surface area contributed by atoms with Gasteiger partial charge in [0.15, 0.2) is 0 Å². The predicted octanol–water partition coefficient (Wildman–Crippen LogP) is 3.68. The monoisotopic (exact) mass is 383 g/mol. The molecule has 8 heteroatoms. The number of carbonyl (C=O) groups excluding carboxylic acids is 1. The molecule has 0 saturated carbocycles. The van der Waals surface area contributed by atoms with Gasteiger partial charge >= 0.3 is 6.18 Å². The molecule has 0 aromatic heterocycles. The van der Waals surface area contributed by atoms with Gasteiger partial charge in [0.2, 0.25) is 5.91 Å². The maximum atomic E-state index is 13.4. The summed E-state index contributed by atoms with van der Waals surface area (Å²) in [7, 11) is 3.62. The average molecular weight is 383 g/mol. The highest BCUT2D eigenvalue weighted by atomic mass is 19.4. The van der Waals surface area contributed by atoms with Gasteiger partial charge in [0, 0.05) is 12.2 Å². The molecule has 2 N–H and O–H groups in total. The zero-order valence-electron chi connectivity index (χ0n) is 15.0. The maximum absolute atomic E-state index is 13.4. The molecule has 0 aliphatic carbocycles. The molecule has 1 atom stereocenters. The first-order chi connectivity index (χ1) is 12.7. The molecule has 2 rings (SSSR count). The fourth-order valence-corrected chi connectivity index (χ4v) is 2.57. The van der Waals surface area contributed by atoms with Gasteiger partial charge in [-0.25, -0.2) is 4.39 Å². The summed E-state index contributed by atoms with van der Waals surface area (Å²) in [4.78, 5) is 13.9.